The zero-order chi connectivity index (χ0) is 14.5. The summed E-state index contributed by atoms with van der Waals surface area (Å²) in [4.78, 5) is 17.9. The van der Waals surface area contributed by atoms with Crippen molar-refractivity contribution in [2.75, 3.05) is 6.54 Å². The van der Waals surface area contributed by atoms with Crippen molar-refractivity contribution in [2.24, 2.45) is 4.99 Å². The highest BCUT2D eigenvalue weighted by molar-refractivity contribution is 5.83. The van der Waals surface area contributed by atoms with Gasteiger partial charge in [-0.3, -0.25) is 9.89 Å². The molecule has 0 N–H and O–H groups in total. The average molecular weight is 280 g/mol. The van der Waals surface area contributed by atoms with Gasteiger partial charge in [0, 0.05) is 0 Å². The second kappa shape index (κ2) is 6.22. The molecule has 0 bridgehead atoms. The fraction of sp³-hybridized carbons (Fsp3) is 0.176. The Morgan fingerprint density at radius 2 is 1.76 bits per heavy atom. The van der Waals surface area contributed by atoms with E-state index in [9.17, 15) is 4.79 Å². The van der Waals surface area contributed by atoms with Crippen molar-refractivity contribution >= 4 is 12.4 Å². The summed E-state index contributed by atoms with van der Waals surface area (Å²) >= 11 is 0. The smallest absolute Gasteiger partial charge is 0.415 e. The molecule has 3 rings (SSSR count). The summed E-state index contributed by atoms with van der Waals surface area (Å²) in [7, 11) is 0. The Morgan fingerprint density at radius 1 is 1.10 bits per heavy atom. The summed E-state index contributed by atoms with van der Waals surface area (Å²) in [6.45, 7) is 0.803. The number of hydrogen-bond acceptors (Lipinski definition) is 3. The molecule has 106 valence electrons. The van der Waals surface area contributed by atoms with E-state index in [0.29, 0.717) is 6.54 Å². The maximum atomic E-state index is 12.0. The van der Waals surface area contributed by atoms with Crippen LogP contribution < -0.4 is 0 Å². The molecule has 0 unspecified atom stereocenters. The number of amides is 1. The van der Waals surface area contributed by atoms with Gasteiger partial charge in [0.25, 0.3) is 0 Å². The van der Waals surface area contributed by atoms with Crippen LogP contribution in [0.15, 0.2) is 65.7 Å². The van der Waals surface area contributed by atoms with E-state index < -0.39 is 0 Å². The van der Waals surface area contributed by atoms with Gasteiger partial charge < -0.3 is 4.74 Å². The first-order valence-electron chi connectivity index (χ1n) is 6.88. The Bertz CT molecular complexity index is 626. The SMILES string of the molecule is O=C(OCc1ccccc1)N1C=N[C@@H](c2ccccc2)C1. The van der Waals surface area contributed by atoms with Gasteiger partial charge >= 0.3 is 6.09 Å². The largest absolute Gasteiger partial charge is 0.444 e. The van der Waals surface area contributed by atoms with Gasteiger partial charge in [-0.15, -0.1) is 0 Å². The van der Waals surface area contributed by atoms with Gasteiger partial charge in [0.1, 0.15) is 6.61 Å². The lowest BCUT2D eigenvalue weighted by atomic mass is 10.1. The van der Waals surface area contributed by atoms with Crippen LogP contribution in [0.2, 0.25) is 0 Å². The van der Waals surface area contributed by atoms with Crippen molar-refractivity contribution in [2.45, 2.75) is 12.6 Å². The number of carbonyl (C=O) groups is 1. The third-order valence-corrected chi connectivity index (χ3v) is 3.38. The van der Waals surface area contributed by atoms with Gasteiger partial charge in [0.05, 0.1) is 18.9 Å². The Balaban J connectivity index is 1.54. The van der Waals surface area contributed by atoms with Crippen molar-refractivity contribution in [1.82, 2.24) is 4.90 Å². The molecule has 0 aliphatic carbocycles. The van der Waals surface area contributed by atoms with Gasteiger partial charge in [0.2, 0.25) is 0 Å². The topological polar surface area (TPSA) is 41.9 Å². The van der Waals surface area contributed by atoms with Crippen LogP contribution in [0.1, 0.15) is 17.2 Å². The minimum absolute atomic E-state index is 0.00419. The molecule has 0 saturated heterocycles. The predicted octanol–water partition coefficient (Wildman–Crippen LogP) is 3.41. The zero-order valence-electron chi connectivity index (χ0n) is 11.6. The quantitative estimate of drug-likeness (QED) is 0.864. The lowest BCUT2D eigenvalue weighted by Gasteiger charge is -2.14. The van der Waals surface area contributed by atoms with E-state index in [0.717, 1.165) is 11.1 Å². The molecule has 0 radical (unpaired) electrons. The van der Waals surface area contributed by atoms with Crippen LogP contribution in [0.4, 0.5) is 4.79 Å². The van der Waals surface area contributed by atoms with Gasteiger partial charge in [-0.2, -0.15) is 0 Å². The number of carbonyl (C=O) groups excluding carboxylic acids is 1. The van der Waals surface area contributed by atoms with Crippen LogP contribution in [0.3, 0.4) is 0 Å². The molecule has 4 nitrogen and oxygen atoms in total. The summed E-state index contributed by atoms with van der Waals surface area (Å²) in [5.41, 5.74) is 2.08. The number of rotatable bonds is 3. The van der Waals surface area contributed by atoms with E-state index in [1.165, 1.54) is 4.90 Å². The van der Waals surface area contributed by atoms with Crippen LogP contribution in [0.5, 0.6) is 0 Å². The van der Waals surface area contributed by atoms with Crippen LogP contribution in [-0.4, -0.2) is 23.9 Å². The van der Waals surface area contributed by atoms with Gasteiger partial charge in [-0.05, 0) is 11.1 Å². The standard InChI is InChI=1S/C17H16N2O2/c20-17(21-12-14-7-3-1-4-8-14)19-11-16(18-13-19)15-9-5-2-6-10-15/h1-10,13,16H,11-12H2/t16-/m1/s1. The molecule has 1 aliphatic heterocycles. The van der Waals surface area contributed by atoms with Crippen molar-refractivity contribution in [1.29, 1.82) is 0 Å². The molecule has 0 aromatic heterocycles. The fourth-order valence-corrected chi connectivity index (χ4v) is 2.23. The molecule has 21 heavy (non-hydrogen) atoms. The summed E-state index contributed by atoms with van der Waals surface area (Å²) in [6, 6.07) is 19.6. The van der Waals surface area contributed by atoms with E-state index in [1.807, 2.05) is 60.7 Å². The second-order valence-corrected chi connectivity index (χ2v) is 4.88. The van der Waals surface area contributed by atoms with Crippen molar-refractivity contribution in [3.05, 3.63) is 71.8 Å². The van der Waals surface area contributed by atoms with Crippen molar-refractivity contribution in [3.63, 3.8) is 0 Å². The third kappa shape index (κ3) is 3.28. The molecule has 1 amide bonds. The van der Waals surface area contributed by atoms with E-state index in [2.05, 4.69) is 4.99 Å². The molecule has 0 fully saturated rings. The molecule has 1 aliphatic rings. The maximum absolute atomic E-state index is 12.0. The predicted molar refractivity (Wildman–Crippen MR) is 81.0 cm³/mol. The Morgan fingerprint density at radius 3 is 2.48 bits per heavy atom. The Labute approximate surface area is 123 Å². The lowest BCUT2D eigenvalue weighted by molar-refractivity contribution is 0.118. The van der Waals surface area contributed by atoms with E-state index in [1.54, 1.807) is 6.34 Å². The second-order valence-electron chi connectivity index (χ2n) is 4.88. The fourth-order valence-electron chi connectivity index (χ4n) is 2.23. The average Bonchev–Trinajstić information content (AvgIpc) is 3.04. The van der Waals surface area contributed by atoms with Crippen molar-refractivity contribution < 1.29 is 9.53 Å². The Hall–Kier alpha value is -2.62. The first-order chi connectivity index (χ1) is 10.3. The number of ether oxygens (including phenoxy) is 1. The van der Waals surface area contributed by atoms with Gasteiger partial charge in [-0.25, -0.2) is 4.79 Å². The van der Waals surface area contributed by atoms with Gasteiger partial charge in [-0.1, -0.05) is 60.7 Å². The first kappa shape index (κ1) is 13.4. The van der Waals surface area contributed by atoms with Gasteiger partial charge in [0.15, 0.2) is 0 Å². The minimum atomic E-state index is -0.360. The third-order valence-electron chi connectivity index (χ3n) is 3.38. The number of hydrogen-bond donors (Lipinski definition) is 0. The van der Waals surface area contributed by atoms with E-state index in [4.69, 9.17) is 4.74 Å². The zero-order valence-corrected chi connectivity index (χ0v) is 11.6. The summed E-state index contributed by atoms with van der Waals surface area (Å²) in [5.74, 6) is 0. The van der Waals surface area contributed by atoms with E-state index >= 15 is 0 Å². The van der Waals surface area contributed by atoms with Crippen LogP contribution in [0.25, 0.3) is 0 Å². The maximum Gasteiger partial charge on any atom is 0.415 e. The number of nitrogens with zero attached hydrogens (tertiary/aromatic N) is 2. The first-order valence-corrected chi connectivity index (χ1v) is 6.88. The molecular formula is C17H16N2O2. The monoisotopic (exact) mass is 280 g/mol. The van der Waals surface area contributed by atoms with Crippen LogP contribution >= 0.6 is 0 Å². The highest BCUT2D eigenvalue weighted by atomic mass is 16.6. The van der Waals surface area contributed by atoms with Crippen molar-refractivity contribution in [3.8, 4) is 0 Å². The lowest BCUT2D eigenvalue weighted by Crippen LogP contribution is -2.29. The molecule has 2 aromatic rings. The molecule has 4 heteroatoms. The molecule has 0 spiro atoms. The summed E-state index contributed by atoms with van der Waals surface area (Å²) < 4.78 is 5.29. The molecule has 1 atom stereocenters. The normalized spacial score (nSPS) is 17.0. The Kier molecular flexibility index (Phi) is 3.96. The number of aliphatic imine (C=N–C) groups is 1. The van der Waals surface area contributed by atoms with Crippen LogP contribution in [-0.2, 0) is 11.3 Å². The molecule has 2 aromatic carbocycles. The summed E-state index contributed by atoms with van der Waals surface area (Å²) in [5, 5.41) is 0. The minimum Gasteiger partial charge on any atom is -0.444 e. The molecule has 1 heterocycles. The summed E-state index contributed by atoms with van der Waals surface area (Å²) in [6.07, 6.45) is 1.20. The van der Waals surface area contributed by atoms with E-state index in [-0.39, 0.29) is 18.7 Å². The molecular weight excluding hydrogens is 264 g/mol. The van der Waals surface area contributed by atoms with Crippen LogP contribution in [0, 0.1) is 0 Å². The number of benzene rings is 2. The molecule has 0 saturated carbocycles. The highest BCUT2D eigenvalue weighted by Crippen LogP contribution is 2.22. The highest BCUT2D eigenvalue weighted by Gasteiger charge is 2.24.